The number of likely N-dealkylation sites (N-methyl/N-ethyl adjacent to an activating group) is 1. The fourth-order valence-corrected chi connectivity index (χ4v) is 1.93. The highest BCUT2D eigenvalue weighted by Gasteiger charge is 2.12. The van der Waals surface area contributed by atoms with E-state index in [-0.39, 0.29) is 11.8 Å². The second kappa shape index (κ2) is 7.93. The summed E-state index contributed by atoms with van der Waals surface area (Å²) in [6, 6.07) is 9.63. The summed E-state index contributed by atoms with van der Waals surface area (Å²) in [5.41, 5.74) is 0.776. The molecule has 0 aromatic heterocycles. The lowest BCUT2D eigenvalue weighted by atomic mass is 10.2. The molecule has 1 amide bonds. The third-order valence-corrected chi connectivity index (χ3v) is 3.22. The van der Waals surface area contributed by atoms with E-state index in [9.17, 15) is 4.79 Å². The highest BCUT2D eigenvalue weighted by Crippen LogP contribution is 2.14. The van der Waals surface area contributed by atoms with Crippen LogP contribution in [0.2, 0.25) is 0 Å². The van der Waals surface area contributed by atoms with E-state index in [0.29, 0.717) is 13.1 Å². The molecule has 0 bridgehead atoms. The molecule has 0 saturated carbocycles. The molecule has 0 heterocycles. The Morgan fingerprint density at radius 1 is 1.47 bits per heavy atom. The molecule has 0 aliphatic rings. The second-order valence-electron chi connectivity index (χ2n) is 4.41. The first-order valence-electron chi connectivity index (χ1n) is 6.22. The monoisotopic (exact) mass is 323 g/mol. The SMILES string of the molecule is CCN(CC(=O)Nc1ccc(Br)cc1)CC(C)C#N. The van der Waals surface area contributed by atoms with Crippen LogP contribution in [0.15, 0.2) is 28.7 Å². The number of nitrogens with zero attached hydrogens (tertiary/aromatic N) is 2. The van der Waals surface area contributed by atoms with Gasteiger partial charge in [-0.2, -0.15) is 5.26 Å². The summed E-state index contributed by atoms with van der Waals surface area (Å²) >= 11 is 3.35. The molecular weight excluding hydrogens is 306 g/mol. The molecule has 0 aliphatic carbocycles. The maximum atomic E-state index is 11.9. The van der Waals surface area contributed by atoms with Gasteiger partial charge in [0.05, 0.1) is 18.5 Å². The van der Waals surface area contributed by atoms with Gasteiger partial charge in [-0.05, 0) is 37.7 Å². The van der Waals surface area contributed by atoms with E-state index in [4.69, 9.17) is 5.26 Å². The first-order valence-corrected chi connectivity index (χ1v) is 7.01. The van der Waals surface area contributed by atoms with E-state index in [0.717, 1.165) is 16.7 Å². The highest BCUT2D eigenvalue weighted by molar-refractivity contribution is 9.10. The van der Waals surface area contributed by atoms with Crippen molar-refractivity contribution in [3.63, 3.8) is 0 Å². The van der Waals surface area contributed by atoms with Crippen molar-refractivity contribution in [2.45, 2.75) is 13.8 Å². The van der Waals surface area contributed by atoms with Crippen molar-refractivity contribution in [2.24, 2.45) is 5.92 Å². The molecule has 1 atom stereocenters. The molecule has 5 heteroatoms. The summed E-state index contributed by atoms with van der Waals surface area (Å²) in [6.45, 7) is 5.51. The summed E-state index contributed by atoms with van der Waals surface area (Å²) in [6.07, 6.45) is 0. The number of anilines is 1. The Morgan fingerprint density at radius 2 is 2.11 bits per heavy atom. The molecule has 0 fully saturated rings. The number of carbonyl (C=O) groups is 1. The van der Waals surface area contributed by atoms with Crippen LogP contribution in [0.25, 0.3) is 0 Å². The zero-order valence-corrected chi connectivity index (χ0v) is 12.8. The van der Waals surface area contributed by atoms with Crippen molar-refractivity contribution in [1.29, 1.82) is 5.26 Å². The number of hydrogen-bond donors (Lipinski definition) is 1. The van der Waals surface area contributed by atoms with Gasteiger partial charge in [0.15, 0.2) is 0 Å². The van der Waals surface area contributed by atoms with Crippen LogP contribution in [0.3, 0.4) is 0 Å². The van der Waals surface area contributed by atoms with Crippen molar-refractivity contribution < 1.29 is 4.79 Å². The Kier molecular flexibility index (Phi) is 6.54. The second-order valence-corrected chi connectivity index (χ2v) is 5.33. The molecule has 1 unspecified atom stereocenters. The number of nitrogens with one attached hydrogen (secondary N) is 1. The van der Waals surface area contributed by atoms with E-state index in [1.807, 2.05) is 43.0 Å². The molecule has 0 aliphatic heterocycles. The minimum Gasteiger partial charge on any atom is -0.325 e. The quantitative estimate of drug-likeness (QED) is 0.875. The van der Waals surface area contributed by atoms with Gasteiger partial charge in [-0.25, -0.2) is 0 Å². The number of amides is 1. The van der Waals surface area contributed by atoms with Gasteiger partial charge in [0.1, 0.15) is 0 Å². The molecule has 1 N–H and O–H groups in total. The number of carbonyl (C=O) groups excluding carboxylic acids is 1. The number of halogens is 1. The number of hydrogen-bond acceptors (Lipinski definition) is 3. The van der Waals surface area contributed by atoms with Gasteiger partial charge in [0.2, 0.25) is 5.91 Å². The zero-order valence-electron chi connectivity index (χ0n) is 11.2. The largest absolute Gasteiger partial charge is 0.325 e. The number of benzene rings is 1. The lowest BCUT2D eigenvalue weighted by Crippen LogP contribution is -2.35. The standard InChI is InChI=1S/C14H18BrN3O/c1-3-18(9-11(2)8-16)10-14(19)17-13-6-4-12(15)5-7-13/h4-7,11H,3,9-10H2,1-2H3,(H,17,19). The maximum absolute atomic E-state index is 11.9. The lowest BCUT2D eigenvalue weighted by Gasteiger charge is -2.20. The first kappa shape index (κ1) is 15.7. The van der Waals surface area contributed by atoms with Gasteiger partial charge in [-0.15, -0.1) is 0 Å². The summed E-state index contributed by atoms with van der Waals surface area (Å²) in [4.78, 5) is 13.8. The fourth-order valence-electron chi connectivity index (χ4n) is 1.67. The molecule has 1 aromatic carbocycles. The Bertz CT molecular complexity index is 453. The van der Waals surface area contributed by atoms with E-state index < -0.39 is 0 Å². The van der Waals surface area contributed by atoms with Gasteiger partial charge in [0, 0.05) is 16.7 Å². The zero-order chi connectivity index (χ0) is 14.3. The Balaban J connectivity index is 2.49. The number of rotatable bonds is 6. The summed E-state index contributed by atoms with van der Waals surface area (Å²) in [5, 5.41) is 11.6. The molecule has 1 rings (SSSR count). The molecule has 1 aromatic rings. The Morgan fingerprint density at radius 3 is 2.63 bits per heavy atom. The normalized spacial score (nSPS) is 11.9. The van der Waals surface area contributed by atoms with Crippen molar-refractivity contribution in [3.8, 4) is 6.07 Å². The van der Waals surface area contributed by atoms with Crippen LogP contribution in [0, 0.1) is 17.2 Å². The number of nitriles is 1. The van der Waals surface area contributed by atoms with Gasteiger partial charge in [0.25, 0.3) is 0 Å². The minimum absolute atomic E-state index is 0.0608. The molecule has 0 radical (unpaired) electrons. The van der Waals surface area contributed by atoms with Crippen LogP contribution < -0.4 is 5.32 Å². The third-order valence-electron chi connectivity index (χ3n) is 2.69. The van der Waals surface area contributed by atoms with E-state index >= 15 is 0 Å². The average molecular weight is 324 g/mol. The third kappa shape index (κ3) is 5.86. The summed E-state index contributed by atoms with van der Waals surface area (Å²) in [5.74, 6) is -0.130. The average Bonchev–Trinajstić information content (AvgIpc) is 2.40. The first-order chi connectivity index (χ1) is 9.05. The van der Waals surface area contributed by atoms with E-state index in [1.54, 1.807) is 0 Å². The molecule has 0 spiro atoms. The van der Waals surface area contributed by atoms with E-state index in [2.05, 4.69) is 27.3 Å². The predicted molar refractivity (Wildman–Crippen MR) is 79.7 cm³/mol. The smallest absolute Gasteiger partial charge is 0.238 e. The molecular formula is C14H18BrN3O. The van der Waals surface area contributed by atoms with E-state index in [1.165, 1.54) is 0 Å². The summed E-state index contributed by atoms with van der Waals surface area (Å²) < 4.78 is 0.975. The van der Waals surface area contributed by atoms with Crippen LogP contribution in [-0.2, 0) is 4.79 Å². The highest BCUT2D eigenvalue weighted by atomic mass is 79.9. The molecule has 0 saturated heterocycles. The fraction of sp³-hybridized carbons (Fsp3) is 0.429. The van der Waals surface area contributed by atoms with Gasteiger partial charge in [-0.3, -0.25) is 9.69 Å². The summed E-state index contributed by atoms with van der Waals surface area (Å²) in [7, 11) is 0. The predicted octanol–water partition coefficient (Wildman–Crippen LogP) is 2.87. The van der Waals surface area contributed by atoms with Crippen molar-refractivity contribution in [1.82, 2.24) is 4.90 Å². The van der Waals surface area contributed by atoms with Crippen molar-refractivity contribution in [3.05, 3.63) is 28.7 Å². The van der Waals surface area contributed by atoms with Crippen LogP contribution in [0.4, 0.5) is 5.69 Å². The van der Waals surface area contributed by atoms with Crippen molar-refractivity contribution >= 4 is 27.5 Å². The lowest BCUT2D eigenvalue weighted by molar-refractivity contribution is -0.117. The van der Waals surface area contributed by atoms with Crippen LogP contribution in [-0.4, -0.2) is 30.4 Å². The molecule has 19 heavy (non-hydrogen) atoms. The van der Waals surface area contributed by atoms with Crippen LogP contribution in [0.5, 0.6) is 0 Å². The topological polar surface area (TPSA) is 56.1 Å². The van der Waals surface area contributed by atoms with Gasteiger partial charge in [-0.1, -0.05) is 22.9 Å². The Hall–Kier alpha value is -1.38. The van der Waals surface area contributed by atoms with Crippen LogP contribution in [0.1, 0.15) is 13.8 Å². The van der Waals surface area contributed by atoms with Crippen molar-refractivity contribution in [2.75, 3.05) is 25.0 Å². The molecule has 102 valence electrons. The van der Waals surface area contributed by atoms with Gasteiger partial charge >= 0.3 is 0 Å². The van der Waals surface area contributed by atoms with Crippen LogP contribution >= 0.6 is 15.9 Å². The van der Waals surface area contributed by atoms with Gasteiger partial charge < -0.3 is 5.32 Å². The minimum atomic E-state index is -0.0690. The maximum Gasteiger partial charge on any atom is 0.238 e. The molecule has 4 nitrogen and oxygen atoms in total. The Labute approximate surface area is 122 Å².